The van der Waals surface area contributed by atoms with Crippen molar-refractivity contribution in [2.24, 2.45) is 5.84 Å². The molecule has 0 amide bonds. The van der Waals surface area contributed by atoms with E-state index < -0.39 is 0 Å². The average molecular weight is 259 g/mol. The van der Waals surface area contributed by atoms with E-state index in [0.717, 1.165) is 18.4 Å². The molecular weight excluding hydrogens is 241 g/mol. The second-order valence-corrected chi connectivity index (χ2v) is 4.49. The Morgan fingerprint density at radius 2 is 1.95 bits per heavy atom. The minimum Gasteiger partial charge on any atom is -0.271 e. The van der Waals surface area contributed by atoms with Gasteiger partial charge in [0.15, 0.2) is 0 Å². The highest BCUT2D eigenvalue weighted by molar-refractivity contribution is 5.30. The second kappa shape index (κ2) is 6.41. The zero-order valence-corrected chi connectivity index (χ0v) is 10.9. The van der Waals surface area contributed by atoms with Gasteiger partial charge in [-0.1, -0.05) is 37.6 Å². The third kappa shape index (κ3) is 3.36. The Bertz CT molecular complexity index is 508. The fourth-order valence-electron chi connectivity index (χ4n) is 2.08. The number of aromatic nitrogens is 1. The van der Waals surface area contributed by atoms with Crippen LogP contribution in [0.4, 0.5) is 4.39 Å². The van der Waals surface area contributed by atoms with Crippen LogP contribution in [0.3, 0.4) is 0 Å². The van der Waals surface area contributed by atoms with E-state index >= 15 is 0 Å². The second-order valence-electron chi connectivity index (χ2n) is 4.49. The Labute approximate surface area is 112 Å². The smallest absolute Gasteiger partial charge is 0.141 e. The van der Waals surface area contributed by atoms with Crippen molar-refractivity contribution in [3.63, 3.8) is 0 Å². The molecule has 2 aromatic rings. The van der Waals surface area contributed by atoms with Crippen LogP contribution in [0.15, 0.2) is 42.6 Å². The molecule has 100 valence electrons. The minimum atomic E-state index is -0.349. The number of nitrogens with two attached hydrogens (primary N) is 1. The first kappa shape index (κ1) is 13.6. The summed E-state index contributed by atoms with van der Waals surface area (Å²) in [5.74, 6) is 5.24. The van der Waals surface area contributed by atoms with E-state index in [1.165, 1.54) is 17.8 Å². The molecule has 0 fully saturated rings. The normalized spacial score (nSPS) is 12.4. The van der Waals surface area contributed by atoms with Crippen molar-refractivity contribution in [2.45, 2.75) is 25.8 Å². The summed E-state index contributed by atoms with van der Waals surface area (Å²) in [6, 6.07) is 11.0. The highest BCUT2D eigenvalue weighted by atomic mass is 19.1. The van der Waals surface area contributed by atoms with Crippen molar-refractivity contribution >= 4 is 0 Å². The topological polar surface area (TPSA) is 50.9 Å². The molecule has 3 nitrogen and oxygen atoms in total. The van der Waals surface area contributed by atoms with Crippen molar-refractivity contribution in [3.05, 3.63) is 65.2 Å². The molecular formula is C15H18FN3. The molecule has 0 bridgehead atoms. The molecule has 0 radical (unpaired) electrons. The Kier molecular flexibility index (Phi) is 4.60. The molecule has 0 aliphatic heterocycles. The lowest BCUT2D eigenvalue weighted by Crippen LogP contribution is -2.29. The van der Waals surface area contributed by atoms with Crippen LogP contribution in [0, 0.1) is 5.82 Å². The predicted octanol–water partition coefficient (Wildman–Crippen LogP) is 2.73. The highest BCUT2D eigenvalue weighted by Crippen LogP contribution is 2.20. The maximum absolute atomic E-state index is 12.9. The van der Waals surface area contributed by atoms with Crippen molar-refractivity contribution in [1.29, 1.82) is 0 Å². The number of halogens is 1. The predicted molar refractivity (Wildman–Crippen MR) is 73.8 cm³/mol. The largest absolute Gasteiger partial charge is 0.271 e. The van der Waals surface area contributed by atoms with Gasteiger partial charge in [-0.05, 0) is 29.7 Å². The van der Waals surface area contributed by atoms with Crippen molar-refractivity contribution < 1.29 is 4.39 Å². The first-order valence-corrected chi connectivity index (χ1v) is 6.41. The monoisotopic (exact) mass is 259 g/mol. The zero-order chi connectivity index (χ0) is 13.7. The number of nitrogens with zero attached hydrogens (tertiary/aromatic N) is 1. The van der Waals surface area contributed by atoms with Crippen molar-refractivity contribution in [2.75, 3.05) is 0 Å². The molecule has 0 saturated heterocycles. The number of hydrogen-bond donors (Lipinski definition) is 2. The molecule has 1 atom stereocenters. The Morgan fingerprint density at radius 3 is 2.47 bits per heavy atom. The Hall–Kier alpha value is -1.78. The first-order chi connectivity index (χ1) is 9.24. The van der Waals surface area contributed by atoms with Crippen molar-refractivity contribution in [1.82, 2.24) is 10.4 Å². The van der Waals surface area contributed by atoms with Gasteiger partial charge in [0.1, 0.15) is 5.82 Å². The van der Waals surface area contributed by atoms with Gasteiger partial charge < -0.3 is 0 Å². The maximum atomic E-state index is 12.9. The fraction of sp³-hybridized carbons (Fsp3) is 0.267. The van der Waals surface area contributed by atoms with Crippen LogP contribution in [0.2, 0.25) is 0 Å². The van der Waals surface area contributed by atoms with Gasteiger partial charge >= 0.3 is 0 Å². The number of hydrazine groups is 1. The van der Waals surface area contributed by atoms with E-state index in [0.29, 0.717) is 5.69 Å². The van der Waals surface area contributed by atoms with Crippen LogP contribution in [0.1, 0.15) is 36.2 Å². The molecule has 19 heavy (non-hydrogen) atoms. The molecule has 2 rings (SSSR count). The summed E-state index contributed by atoms with van der Waals surface area (Å²) >= 11 is 0. The Morgan fingerprint density at radius 1 is 1.21 bits per heavy atom. The van der Waals surface area contributed by atoms with Gasteiger partial charge in [-0.15, -0.1) is 0 Å². The van der Waals surface area contributed by atoms with Crippen molar-refractivity contribution in [3.8, 4) is 0 Å². The quantitative estimate of drug-likeness (QED) is 0.641. The highest BCUT2D eigenvalue weighted by Gasteiger charge is 2.13. The van der Waals surface area contributed by atoms with E-state index in [1.807, 2.05) is 12.1 Å². The van der Waals surface area contributed by atoms with E-state index in [4.69, 9.17) is 5.84 Å². The van der Waals surface area contributed by atoms with Gasteiger partial charge in [0.25, 0.3) is 0 Å². The number of pyridine rings is 1. The summed E-state index contributed by atoms with van der Waals surface area (Å²) in [6.07, 6.45) is 3.39. The average Bonchev–Trinajstić information content (AvgIpc) is 2.44. The van der Waals surface area contributed by atoms with Crippen LogP contribution in [-0.2, 0) is 6.42 Å². The molecule has 1 heterocycles. The molecule has 0 aliphatic carbocycles. The lowest BCUT2D eigenvalue weighted by atomic mass is 10.0. The van der Waals surface area contributed by atoms with Crippen LogP contribution in [-0.4, -0.2) is 4.98 Å². The SMILES string of the molecule is CCCc1ccc(C(NN)c2ccc(F)cn2)cc1. The van der Waals surface area contributed by atoms with E-state index in [-0.39, 0.29) is 11.9 Å². The van der Waals surface area contributed by atoms with Gasteiger partial charge in [-0.25, -0.2) is 9.82 Å². The third-order valence-electron chi connectivity index (χ3n) is 3.06. The first-order valence-electron chi connectivity index (χ1n) is 6.41. The van der Waals surface area contributed by atoms with E-state index in [1.54, 1.807) is 6.07 Å². The molecule has 0 saturated carbocycles. The van der Waals surface area contributed by atoms with Gasteiger partial charge in [0.05, 0.1) is 17.9 Å². The number of aryl methyl sites for hydroxylation is 1. The van der Waals surface area contributed by atoms with Crippen LogP contribution in [0.25, 0.3) is 0 Å². The number of hydrogen-bond acceptors (Lipinski definition) is 3. The molecule has 4 heteroatoms. The zero-order valence-electron chi connectivity index (χ0n) is 10.9. The summed E-state index contributed by atoms with van der Waals surface area (Å²) < 4.78 is 12.9. The summed E-state index contributed by atoms with van der Waals surface area (Å²) in [7, 11) is 0. The van der Waals surface area contributed by atoms with E-state index in [2.05, 4.69) is 29.5 Å². The number of nitrogens with one attached hydrogen (secondary N) is 1. The molecule has 1 aromatic heterocycles. The minimum absolute atomic E-state index is 0.226. The van der Waals surface area contributed by atoms with Crippen LogP contribution >= 0.6 is 0 Å². The Balaban J connectivity index is 2.23. The van der Waals surface area contributed by atoms with Gasteiger partial charge in [0, 0.05) is 0 Å². The molecule has 1 aromatic carbocycles. The standard InChI is InChI=1S/C15H18FN3/c1-2-3-11-4-6-12(7-5-11)15(19-17)14-9-8-13(16)10-18-14/h4-10,15,19H,2-3,17H2,1H3. The van der Waals surface area contributed by atoms with Gasteiger partial charge in [-0.2, -0.15) is 0 Å². The summed E-state index contributed by atoms with van der Waals surface area (Å²) in [5, 5.41) is 0. The van der Waals surface area contributed by atoms with Gasteiger partial charge in [-0.3, -0.25) is 10.8 Å². The summed E-state index contributed by atoms with van der Waals surface area (Å²) in [5.41, 5.74) is 5.74. The summed E-state index contributed by atoms with van der Waals surface area (Å²) in [4.78, 5) is 4.07. The van der Waals surface area contributed by atoms with Crippen LogP contribution in [0.5, 0.6) is 0 Å². The third-order valence-corrected chi connectivity index (χ3v) is 3.06. The maximum Gasteiger partial charge on any atom is 0.141 e. The van der Waals surface area contributed by atoms with Gasteiger partial charge in [0.2, 0.25) is 0 Å². The molecule has 0 aliphatic rings. The fourth-order valence-corrected chi connectivity index (χ4v) is 2.08. The molecule has 0 spiro atoms. The number of benzene rings is 1. The lowest BCUT2D eigenvalue weighted by molar-refractivity contribution is 0.596. The lowest BCUT2D eigenvalue weighted by Gasteiger charge is -2.16. The van der Waals surface area contributed by atoms with Crippen LogP contribution < -0.4 is 11.3 Å². The van der Waals surface area contributed by atoms with E-state index in [9.17, 15) is 4.39 Å². The summed E-state index contributed by atoms with van der Waals surface area (Å²) in [6.45, 7) is 2.15. The molecule has 3 N–H and O–H groups in total. The number of rotatable bonds is 5. The molecule has 1 unspecified atom stereocenters.